The van der Waals surface area contributed by atoms with E-state index in [9.17, 15) is 0 Å². The van der Waals surface area contributed by atoms with E-state index in [4.69, 9.17) is 4.74 Å². The fraction of sp³-hybridized carbons (Fsp3) is 0.556. The number of nitrogens with one attached hydrogen (secondary N) is 1. The maximum Gasteiger partial charge on any atom is 0.232 e. The largest absolute Gasteiger partial charge is 0.472 e. The normalized spacial score (nSPS) is 22.6. The van der Waals surface area contributed by atoms with Crippen LogP contribution in [0.3, 0.4) is 0 Å². The van der Waals surface area contributed by atoms with Gasteiger partial charge in [0.05, 0.1) is 6.20 Å². The summed E-state index contributed by atoms with van der Waals surface area (Å²) in [5.74, 6) is 0.621. The highest BCUT2D eigenvalue weighted by Gasteiger charge is 2.14. The Balaban J connectivity index is 1.90. The molecular weight excluding hydrogens is 166 g/mol. The molecule has 1 unspecified atom stereocenters. The van der Waals surface area contributed by atoms with Crippen molar-refractivity contribution in [3.8, 4) is 5.88 Å². The van der Waals surface area contributed by atoms with E-state index in [0.717, 1.165) is 19.5 Å². The van der Waals surface area contributed by atoms with Crippen molar-refractivity contribution in [1.29, 1.82) is 0 Å². The second-order valence-corrected chi connectivity index (χ2v) is 3.13. The number of hydrogen-bond acceptors (Lipinski definition) is 4. The van der Waals surface area contributed by atoms with Crippen LogP contribution in [0.2, 0.25) is 0 Å². The minimum absolute atomic E-state index is 0.255. The van der Waals surface area contributed by atoms with Gasteiger partial charge in [-0.15, -0.1) is 0 Å². The molecule has 0 spiro atoms. The zero-order valence-corrected chi connectivity index (χ0v) is 7.44. The fourth-order valence-electron chi connectivity index (χ4n) is 1.44. The second kappa shape index (κ2) is 4.18. The van der Waals surface area contributed by atoms with Crippen molar-refractivity contribution in [3.05, 3.63) is 18.6 Å². The van der Waals surface area contributed by atoms with Gasteiger partial charge in [-0.1, -0.05) is 0 Å². The van der Waals surface area contributed by atoms with Crippen LogP contribution < -0.4 is 10.1 Å². The van der Waals surface area contributed by atoms with Gasteiger partial charge in [0.1, 0.15) is 6.10 Å². The van der Waals surface area contributed by atoms with Crippen LogP contribution in [-0.2, 0) is 0 Å². The molecule has 0 aliphatic carbocycles. The molecule has 0 amide bonds. The lowest BCUT2D eigenvalue weighted by Crippen LogP contribution is -2.37. The Hall–Kier alpha value is -1.16. The van der Waals surface area contributed by atoms with Crippen molar-refractivity contribution in [2.24, 2.45) is 0 Å². The molecule has 1 fully saturated rings. The number of aromatic nitrogens is 2. The molecule has 1 N–H and O–H groups in total. The number of ether oxygens (including phenoxy) is 1. The Labute approximate surface area is 77.4 Å². The van der Waals surface area contributed by atoms with E-state index in [2.05, 4.69) is 15.3 Å². The Morgan fingerprint density at radius 3 is 3.15 bits per heavy atom. The molecule has 1 aliphatic rings. The van der Waals surface area contributed by atoms with Crippen molar-refractivity contribution in [1.82, 2.24) is 15.3 Å². The predicted octanol–water partition coefficient (Wildman–Crippen LogP) is 0.607. The van der Waals surface area contributed by atoms with E-state index in [1.54, 1.807) is 18.6 Å². The van der Waals surface area contributed by atoms with E-state index >= 15 is 0 Å². The molecule has 0 saturated carbocycles. The van der Waals surface area contributed by atoms with Crippen LogP contribution in [0.25, 0.3) is 0 Å². The van der Waals surface area contributed by atoms with E-state index in [1.807, 2.05) is 0 Å². The highest BCUT2D eigenvalue weighted by atomic mass is 16.5. The molecule has 1 aromatic rings. The number of rotatable bonds is 2. The molecule has 0 aromatic carbocycles. The lowest BCUT2D eigenvalue weighted by molar-refractivity contribution is 0.160. The maximum absolute atomic E-state index is 5.62. The van der Waals surface area contributed by atoms with Gasteiger partial charge < -0.3 is 10.1 Å². The van der Waals surface area contributed by atoms with Crippen molar-refractivity contribution in [2.45, 2.75) is 18.9 Å². The minimum Gasteiger partial charge on any atom is -0.472 e. The van der Waals surface area contributed by atoms with Crippen LogP contribution in [0.15, 0.2) is 18.6 Å². The SMILES string of the molecule is c1cnc(OC2CCCNC2)cn1. The fourth-order valence-corrected chi connectivity index (χ4v) is 1.44. The molecule has 4 nitrogen and oxygen atoms in total. The van der Waals surface area contributed by atoms with Gasteiger partial charge in [-0.3, -0.25) is 4.98 Å². The van der Waals surface area contributed by atoms with Crippen LogP contribution in [0.4, 0.5) is 0 Å². The van der Waals surface area contributed by atoms with Gasteiger partial charge in [-0.05, 0) is 19.4 Å². The minimum atomic E-state index is 0.255. The highest BCUT2D eigenvalue weighted by molar-refractivity contribution is 5.02. The summed E-state index contributed by atoms with van der Waals surface area (Å²) in [4.78, 5) is 8.00. The Bertz CT molecular complexity index is 246. The summed E-state index contributed by atoms with van der Waals surface area (Å²) in [5.41, 5.74) is 0. The molecule has 1 atom stereocenters. The van der Waals surface area contributed by atoms with E-state index in [-0.39, 0.29) is 6.10 Å². The third-order valence-corrected chi connectivity index (χ3v) is 2.08. The third kappa shape index (κ3) is 2.39. The average Bonchev–Trinajstić information content (AvgIpc) is 2.21. The molecule has 0 radical (unpaired) electrons. The summed E-state index contributed by atoms with van der Waals surface area (Å²) in [6.07, 6.45) is 7.46. The van der Waals surface area contributed by atoms with Gasteiger partial charge in [-0.2, -0.15) is 0 Å². The zero-order chi connectivity index (χ0) is 8.93. The molecule has 2 rings (SSSR count). The monoisotopic (exact) mass is 179 g/mol. The van der Waals surface area contributed by atoms with E-state index in [1.165, 1.54) is 6.42 Å². The third-order valence-electron chi connectivity index (χ3n) is 2.08. The topological polar surface area (TPSA) is 47.0 Å². The first kappa shape index (κ1) is 8.44. The molecular formula is C9H13N3O. The highest BCUT2D eigenvalue weighted by Crippen LogP contribution is 2.10. The van der Waals surface area contributed by atoms with Crippen LogP contribution in [-0.4, -0.2) is 29.2 Å². The summed E-state index contributed by atoms with van der Waals surface area (Å²) in [5, 5.41) is 3.28. The molecule has 0 bridgehead atoms. The zero-order valence-electron chi connectivity index (χ0n) is 7.44. The van der Waals surface area contributed by atoms with Gasteiger partial charge in [0.15, 0.2) is 0 Å². The van der Waals surface area contributed by atoms with Gasteiger partial charge in [0.25, 0.3) is 0 Å². The Kier molecular flexibility index (Phi) is 2.72. The van der Waals surface area contributed by atoms with E-state index < -0.39 is 0 Å². The Morgan fingerprint density at radius 1 is 1.46 bits per heavy atom. The van der Waals surface area contributed by atoms with Gasteiger partial charge >= 0.3 is 0 Å². The van der Waals surface area contributed by atoms with Crippen molar-refractivity contribution >= 4 is 0 Å². The lowest BCUT2D eigenvalue weighted by Gasteiger charge is -2.22. The van der Waals surface area contributed by atoms with E-state index in [0.29, 0.717) is 5.88 Å². The molecule has 13 heavy (non-hydrogen) atoms. The smallest absolute Gasteiger partial charge is 0.232 e. The van der Waals surface area contributed by atoms with Crippen LogP contribution in [0.5, 0.6) is 5.88 Å². The molecule has 70 valence electrons. The number of hydrogen-bond donors (Lipinski definition) is 1. The molecule has 4 heteroatoms. The summed E-state index contributed by atoms with van der Waals surface area (Å²) in [6.45, 7) is 2.01. The van der Waals surface area contributed by atoms with Crippen LogP contribution >= 0.6 is 0 Å². The number of piperidine rings is 1. The summed E-state index contributed by atoms with van der Waals surface area (Å²) in [7, 11) is 0. The Morgan fingerprint density at radius 2 is 2.46 bits per heavy atom. The quantitative estimate of drug-likeness (QED) is 0.722. The van der Waals surface area contributed by atoms with Crippen molar-refractivity contribution < 1.29 is 4.74 Å². The van der Waals surface area contributed by atoms with Crippen LogP contribution in [0.1, 0.15) is 12.8 Å². The summed E-state index contributed by atoms with van der Waals surface area (Å²) >= 11 is 0. The van der Waals surface area contributed by atoms with Gasteiger partial charge in [0.2, 0.25) is 5.88 Å². The van der Waals surface area contributed by atoms with Crippen LogP contribution in [0, 0.1) is 0 Å². The lowest BCUT2D eigenvalue weighted by atomic mass is 10.1. The summed E-state index contributed by atoms with van der Waals surface area (Å²) < 4.78 is 5.62. The first-order valence-electron chi connectivity index (χ1n) is 4.58. The first-order chi connectivity index (χ1) is 6.45. The second-order valence-electron chi connectivity index (χ2n) is 3.13. The van der Waals surface area contributed by atoms with Crippen molar-refractivity contribution in [3.63, 3.8) is 0 Å². The van der Waals surface area contributed by atoms with Gasteiger partial charge in [-0.25, -0.2) is 4.98 Å². The predicted molar refractivity (Wildman–Crippen MR) is 48.6 cm³/mol. The molecule has 1 saturated heterocycles. The van der Waals surface area contributed by atoms with Gasteiger partial charge in [0, 0.05) is 18.9 Å². The first-order valence-corrected chi connectivity index (χ1v) is 4.58. The summed E-state index contributed by atoms with van der Waals surface area (Å²) in [6, 6.07) is 0. The van der Waals surface area contributed by atoms with Crippen molar-refractivity contribution in [2.75, 3.05) is 13.1 Å². The average molecular weight is 179 g/mol. The molecule has 2 heterocycles. The number of nitrogens with zero attached hydrogens (tertiary/aromatic N) is 2. The molecule has 1 aliphatic heterocycles. The maximum atomic E-state index is 5.62. The molecule has 1 aromatic heterocycles. The standard InChI is InChI=1S/C9H13N3O/c1-2-8(6-10-3-1)13-9-7-11-4-5-12-9/h4-5,7-8,10H,1-3,6H2.